The molecule has 3 aromatic carbocycles. The zero-order valence-electron chi connectivity index (χ0n) is 47.8. The Hall–Kier alpha value is -7.02. The number of amides is 3. The number of nitrogens with zero attached hydrogens (tertiary/aromatic N) is 6. The van der Waals surface area contributed by atoms with Crippen LogP contribution in [-0.2, 0) is 68.0 Å². The van der Waals surface area contributed by atoms with Crippen LogP contribution in [0.4, 0.5) is 5.69 Å². The van der Waals surface area contributed by atoms with Crippen molar-refractivity contribution in [2.75, 3.05) is 57.8 Å². The van der Waals surface area contributed by atoms with Gasteiger partial charge in [0.15, 0.2) is 4.80 Å². The number of piperidine rings is 1. The van der Waals surface area contributed by atoms with E-state index in [2.05, 4.69) is 35.0 Å². The summed E-state index contributed by atoms with van der Waals surface area (Å²) < 4.78 is 82.6. The summed E-state index contributed by atoms with van der Waals surface area (Å²) in [5.74, 6) is -0.969. The maximum Gasteiger partial charge on any atom is 0.295 e. The monoisotopic (exact) mass is 1180 g/mol. The van der Waals surface area contributed by atoms with Crippen molar-refractivity contribution in [1.82, 2.24) is 39.3 Å². The molecule has 6 N–H and O–H groups in total. The van der Waals surface area contributed by atoms with E-state index in [1.165, 1.54) is 23.5 Å². The molecule has 1 saturated heterocycles. The lowest BCUT2D eigenvalue weighted by atomic mass is 9.93. The minimum Gasteiger partial charge on any atom is -0.456 e. The van der Waals surface area contributed by atoms with Gasteiger partial charge >= 0.3 is 0 Å². The number of carbonyl (C=O) groups is 3. The van der Waals surface area contributed by atoms with Crippen LogP contribution in [0, 0.1) is 5.41 Å². The highest BCUT2D eigenvalue weighted by Crippen LogP contribution is 2.43. The van der Waals surface area contributed by atoms with Crippen molar-refractivity contribution in [1.29, 1.82) is 5.41 Å². The number of fused-ring (bicyclic) bond motifs is 2. The van der Waals surface area contributed by atoms with Gasteiger partial charge in [-0.05, 0) is 116 Å². The Bertz CT molecular complexity index is 3740. The molecule has 23 heteroatoms. The first-order valence-corrected chi connectivity index (χ1v) is 31.8. The van der Waals surface area contributed by atoms with Gasteiger partial charge in [-0.2, -0.15) is 8.42 Å². The Morgan fingerprint density at radius 2 is 1.57 bits per heavy atom. The fraction of sp³-hybridized carbons (Fsp3) is 0.424. The van der Waals surface area contributed by atoms with Crippen LogP contribution in [0.1, 0.15) is 76.8 Å². The molecular formula is C59H77N11O9S3+2. The molecule has 0 spiro atoms. The summed E-state index contributed by atoms with van der Waals surface area (Å²) in [4.78, 5) is 46.1. The summed E-state index contributed by atoms with van der Waals surface area (Å²) in [5, 5.41) is 20.3. The molecule has 2 aliphatic heterocycles. The molecule has 20 nitrogen and oxygen atoms in total. The highest BCUT2D eigenvalue weighted by molar-refractivity contribution is 7.89. The Morgan fingerprint density at radius 1 is 0.854 bits per heavy atom. The van der Waals surface area contributed by atoms with Crippen molar-refractivity contribution >= 4 is 65.9 Å². The third-order valence-electron chi connectivity index (χ3n) is 15.4. The molecule has 3 aliphatic rings. The second kappa shape index (κ2) is 26.9. The van der Waals surface area contributed by atoms with Gasteiger partial charge in [0, 0.05) is 90.1 Å². The summed E-state index contributed by atoms with van der Waals surface area (Å²) in [5.41, 5.74) is 4.88. The minimum absolute atomic E-state index is 0.0585. The maximum atomic E-state index is 14.6. The van der Waals surface area contributed by atoms with E-state index in [1.807, 2.05) is 130 Å². The molecule has 2 atom stereocenters. The second-order valence-electron chi connectivity index (χ2n) is 21.0. The number of sulfonamides is 1. The van der Waals surface area contributed by atoms with E-state index in [9.17, 15) is 35.8 Å². The zero-order valence-corrected chi connectivity index (χ0v) is 50.2. The fourth-order valence-electron chi connectivity index (χ4n) is 10.7. The predicted octanol–water partition coefficient (Wildman–Crippen LogP) is 4.78. The normalized spacial score (nSPS) is 14.2. The van der Waals surface area contributed by atoms with Crippen molar-refractivity contribution in [2.45, 2.75) is 107 Å². The van der Waals surface area contributed by atoms with Crippen LogP contribution in [0.15, 0.2) is 117 Å². The highest BCUT2D eigenvalue weighted by Gasteiger charge is 2.32. The molecule has 5 aromatic rings. The van der Waals surface area contributed by atoms with E-state index >= 15 is 0 Å². The first-order valence-electron chi connectivity index (χ1n) is 28.0. The van der Waals surface area contributed by atoms with E-state index < -0.39 is 53.8 Å². The molecule has 438 valence electrons. The average Bonchev–Trinajstić information content (AvgIpc) is 2.08. The molecule has 82 heavy (non-hydrogen) atoms. The molecule has 0 radical (unpaired) electrons. The number of imidazole rings is 1. The number of likely N-dealkylation sites (tertiary alicyclic amines) is 1. The van der Waals surface area contributed by atoms with Crippen molar-refractivity contribution in [3.8, 4) is 22.5 Å². The van der Waals surface area contributed by atoms with Crippen molar-refractivity contribution in [2.24, 2.45) is 14.1 Å². The molecule has 4 heterocycles. The van der Waals surface area contributed by atoms with Crippen LogP contribution in [-0.4, -0.2) is 124 Å². The van der Waals surface area contributed by atoms with Crippen molar-refractivity contribution in [3.05, 3.63) is 130 Å². The first-order chi connectivity index (χ1) is 39.2. The van der Waals surface area contributed by atoms with Crippen LogP contribution < -0.4 is 44.9 Å². The number of hydrogen-bond acceptors (Lipinski definition) is 12. The van der Waals surface area contributed by atoms with Gasteiger partial charge in [0.1, 0.15) is 59.8 Å². The molecule has 1 fully saturated rings. The van der Waals surface area contributed by atoms with Crippen molar-refractivity contribution < 1.29 is 44.8 Å². The number of unbranched alkanes of at least 4 members (excludes halogenated alkanes) is 1. The smallest absolute Gasteiger partial charge is 0.295 e. The number of aromatic nitrogens is 3. The summed E-state index contributed by atoms with van der Waals surface area (Å²) in [6, 6.07) is 22.6. The number of carbonyl (C=O) groups excluding carboxylic acids is 3. The molecule has 1 aliphatic carbocycles. The fourth-order valence-corrected chi connectivity index (χ4v) is 13.3. The average molecular weight is 1180 g/mol. The van der Waals surface area contributed by atoms with Gasteiger partial charge in [-0.15, -0.1) is 11.3 Å². The van der Waals surface area contributed by atoms with Crippen LogP contribution >= 0.6 is 11.3 Å². The summed E-state index contributed by atoms with van der Waals surface area (Å²) in [7, 11) is -3.85. The van der Waals surface area contributed by atoms with Crippen LogP contribution in [0.3, 0.4) is 0 Å². The van der Waals surface area contributed by atoms with E-state index in [-0.39, 0.29) is 61.0 Å². The van der Waals surface area contributed by atoms with Gasteiger partial charge in [0.2, 0.25) is 39.4 Å². The van der Waals surface area contributed by atoms with Gasteiger partial charge in [0.05, 0.1) is 24.4 Å². The number of anilines is 1. The number of benzene rings is 4. The second-order valence-corrected chi connectivity index (χ2v) is 25.0. The molecular weight excluding hydrogens is 1100 g/mol. The first kappa shape index (κ1) is 61.1. The summed E-state index contributed by atoms with van der Waals surface area (Å²) in [6.45, 7) is 13.2. The largest absolute Gasteiger partial charge is 0.456 e. The predicted molar refractivity (Wildman–Crippen MR) is 317 cm³/mol. The van der Waals surface area contributed by atoms with E-state index in [0.717, 1.165) is 80.5 Å². The van der Waals surface area contributed by atoms with Gasteiger partial charge in [-0.25, -0.2) is 26.8 Å². The van der Waals surface area contributed by atoms with Gasteiger partial charge < -0.3 is 34.7 Å². The highest BCUT2D eigenvalue weighted by atomic mass is 32.2. The summed E-state index contributed by atoms with van der Waals surface area (Å²) in [6.07, 6.45) is 5.87. The maximum absolute atomic E-state index is 14.6. The Balaban J connectivity index is 1.03. The lowest BCUT2D eigenvalue weighted by molar-refractivity contribution is -0.688. The standard InChI is InChI=1S/C59H75N11O9S3/c1-8-69(9-2)42-20-23-47-52(32-42)79-53-33-43(70(10-3)11-4)21-24-48(53)56(47)49-25-22-46(35-54(49)82(76,77)78)81(74,75)61-28-16-15-19-50(63-55(71)34-45-38-80-59(60)67(45)7)57(72)64-51(58(73)62-41-26-29-65(5)30-27-41)31-44-37-68(39-66(44)6)36-40-17-13-12-14-18-40/h12-14,17-18,20-25,32-33,35,37-39,41,50-51,60-61H,8-11,15-16,19,26-31,34,36H2,1-7H3,(H2-2,62,63,64,71,72,73,76,77,78)/p+2/t50-,51-/m0/s1. The SMILES string of the molecule is CCN(CC)c1ccc2c(-c3ccc(S(=O)(=O)NCCCC[C@H](NC(=O)Cc4csc(=N)n4C)C(=O)N[C@@H](Cc4c[n+](Cc5ccccc5)cn4C)C(=O)NC4CCN(C)CC4)cc3S(=O)(=O)O)c3ccc(=[N+](CC)CC)cc-3oc2c1. The van der Waals surface area contributed by atoms with Gasteiger partial charge in [0.25, 0.3) is 10.1 Å². The third kappa shape index (κ3) is 14.8. The van der Waals surface area contributed by atoms with Crippen molar-refractivity contribution in [3.63, 3.8) is 0 Å². The number of aryl methyl sites for hydroxylation is 1. The number of thiazole rings is 1. The molecule has 2 aromatic heterocycles. The van der Waals surface area contributed by atoms with Crippen LogP contribution in [0.2, 0.25) is 0 Å². The zero-order chi connectivity index (χ0) is 58.9. The van der Waals surface area contributed by atoms with Gasteiger partial charge in [-0.1, -0.05) is 36.4 Å². The van der Waals surface area contributed by atoms with E-state index in [4.69, 9.17) is 9.83 Å². The molecule has 3 amide bonds. The molecule has 0 saturated carbocycles. The Kier molecular flexibility index (Phi) is 20.0. The number of hydrogen-bond donors (Lipinski definition) is 6. The molecule has 8 rings (SSSR count). The Labute approximate surface area is 484 Å². The number of rotatable bonds is 25. The lowest BCUT2D eigenvalue weighted by Crippen LogP contribution is -2.56. The summed E-state index contributed by atoms with van der Waals surface area (Å²) >= 11 is 1.17. The molecule has 0 bridgehead atoms. The quantitative estimate of drug-likeness (QED) is 0.0197. The third-order valence-corrected chi connectivity index (χ3v) is 18.7. The van der Waals surface area contributed by atoms with E-state index in [0.29, 0.717) is 40.1 Å². The van der Waals surface area contributed by atoms with Gasteiger partial charge in [-0.3, -0.25) is 24.3 Å². The topological polar surface area (TPSA) is 248 Å². The number of nitrogens with one attached hydrogen (secondary N) is 5. The lowest BCUT2D eigenvalue weighted by Gasteiger charge is -2.31. The Morgan fingerprint density at radius 3 is 2.24 bits per heavy atom. The van der Waals surface area contributed by atoms with Crippen LogP contribution in [0.25, 0.3) is 33.4 Å². The minimum atomic E-state index is -5.04. The molecule has 0 unspecified atom stereocenters. The van der Waals surface area contributed by atoms with E-state index in [1.54, 1.807) is 17.0 Å². The van der Waals surface area contributed by atoms with Crippen LogP contribution in [0.5, 0.6) is 0 Å².